The van der Waals surface area contributed by atoms with Crippen molar-refractivity contribution in [2.24, 2.45) is 5.92 Å². The van der Waals surface area contributed by atoms with Crippen molar-refractivity contribution in [2.75, 3.05) is 6.61 Å². The zero-order valence-electron chi connectivity index (χ0n) is 15.1. The number of hydrogen-bond acceptors (Lipinski definition) is 2. The molecule has 3 rings (SSSR count). The van der Waals surface area contributed by atoms with Crippen LogP contribution in [0, 0.1) is 5.92 Å². The Kier molecular flexibility index (Phi) is 5.68. The molecule has 0 spiro atoms. The fraction of sp³-hybridized carbons (Fsp3) is 0.550. The highest BCUT2D eigenvalue weighted by Gasteiger charge is 2.42. The van der Waals surface area contributed by atoms with E-state index in [2.05, 4.69) is 0 Å². The second kappa shape index (κ2) is 7.72. The van der Waals surface area contributed by atoms with Gasteiger partial charge in [-0.2, -0.15) is 13.2 Å². The molecule has 3 nitrogen and oxygen atoms in total. The zero-order chi connectivity index (χ0) is 20.5. The molecule has 2 aliphatic carbocycles. The number of aryl methyl sites for hydroxylation is 1. The zero-order valence-corrected chi connectivity index (χ0v) is 15.1. The number of carboxylic acids is 1. The van der Waals surface area contributed by atoms with Crippen molar-refractivity contribution in [3.05, 3.63) is 40.5 Å². The van der Waals surface area contributed by atoms with Crippen LogP contribution in [0.1, 0.15) is 49.7 Å². The van der Waals surface area contributed by atoms with Gasteiger partial charge >= 0.3 is 12.1 Å². The summed E-state index contributed by atoms with van der Waals surface area (Å²) in [6.07, 6.45) is -3.31. The molecule has 0 bridgehead atoms. The van der Waals surface area contributed by atoms with E-state index in [4.69, 9.17) is 9.84 Å². The summed E-state index contributed by atoms with van der Waals surface area (Å²) in [5.41, 5.74) is 0.0869. The monoisotopic (exact) mass is 404 g/mol. The Balaban J connectivity index is 1.75. The fourth-order valence-electron chi connectivity index (χ4n) is 3.76. The maximum absolute atomic E-state index is 13.8. The number of halogens is 5. The fourth-order valence-corrected chi connectivity index (χ4v) is 3.76. The molecule has 0 aliphatic heterocycles. The summed E-state index contributed by atoms with van der Waals surface area (Å²) in [5.74, 6) is -3.94. The third-order valence-electron chi connectivity index (χ3n) is 5.38. The molecule has 0 unspecified atom stereocenters. The van der Waals surface area contributed by atoms with Crippen LogP contribution in [-0.2, 0) is 17.4 Å². The van der Waals surface area contributed by atoms with Gasteiger partial charge in [-0.15, -0.1) is 0 Å². The van der Waals surface area contributed by atoms with E-state index in [0.29, 0.717) is 11.1 Å². The highest BCUT2D eigenvalue weighted by atomic mass is 19.4. The van der Waals surface area contributed by atoms with Crippen molar-refractivity contribution in [1.29, 1.82) is 0 Å². The lowest BCUT2D eigenvalue weighted by Gasteiger charge is -2.28. The van der Waals surface area contributed by atoms with E-state index in [0.717, 1.165) is 25.3 Å². The molecule has 1 aromatic rings. The van der Waals surface area contributed by atoms with E-state index in [1.54, 1.807) is 0 Å². The van der Waals surface area contributed by atoms with E-state index in [9.17, 15) is 26.7 Å². The number of carboxylic acid groups (broad SMARTS) is 1. The van der Waals surface area contributed by atoms with E-state index in [1.807, 2.05) is 0 Å². The van der Waals surface area contributed by atoms with Gasteiger partial charge in [-0.3, -0.25) is 4.79 Å². The molecule has 1 fully saturated rings. The van der Waals surface area contributed by atoms with Crippen LogP contribution in [0.2, 0.25) is 0 Å². The van der Waals surface area contributed by atoms with Crippen LogP contribution in [0.3, 0.4) is 0 Å². The van der Waals surface area contributed by atoms with Crippen molar-refractivity contribution < 1.29 is 36.6 Å². The average molecular weight is 404 g/mol. The van der Waals surface area contributed by atoms with Gasteiger partial charge in [-0.25, -0.2) is 8.78 Å². The number of hydrogen-bond donors (Lipinski definition) is 1. The Bertz CT molecular complexity index is 779. The molecular formula is C20H21F5O3. The van der Waals surface area contributed by atoms with Gasteiger partial charge in [0.15, 0.2) is 0 Å². The normalized spacial score (nSPS) is 19.6. The van der Waals surface area contributed by atoms with Crippen LogP contribution >= 0.6 is 0 Å². The summed E-state index contributed by atoms with van der Waals surface area (Å²) in [4.78, 5) is 10.6. The van der Waals surface area contributed by atoms with Gasteiger partial charge in [-0.05, 0) is 48.4 Å². The molecule has 0 aromatic heterocycles. The van der Waals surface area contributed by atoms with Crippen LogP contribution < -0.4 is 4.74 Å². The van der Waals surface area contributed by atoms with Gasteiger partial charge in [0.2, 0.25) is 0 Å². The third-order valence-corrected chi connectivity index (χ3v) is 5.38. The predicted octanol–water partition coefficient (Wildman–Crippen LogP) is 5.63. The molecule has 1 aromatic carbocycles. The molecule has 0 atom stereocenters. The molecule has 2 aliphatic rings. The first-order valence-corrected chi connectivity index (χ1v) is 9.18. The van der Waals surface area contributed by atoms with Gasteiger partial charge < -0.3 is 9.84 Å². The number of rotatable bonds is 7. The number of carbonyl (C=O) groups is 1. The molecule has 0 radical (unpaired) electrons. The van der Waals surface area contributed by atoms with Gasteiger partial charge in [0.1, 0.15) is 12.4 Å². The smallest absolute Gasteiger partial charge is 0.416 e. The van der Waals surface area contributed by atoms with Crippen molar-refractivity contribution >= 4 is 5.97 Å². The first-order chi connectivity index (χ1) is 13.0. The summed E-state index contributed by atoms with van der Waals surface area (Å²) in [5, 5.41) is 8.69. The van der Waals surface area contributed by atoms with Crippen LogP contribution in [0.15, 0.2) is 29.3 Å². The maximum Gasteiger partial charge on any atom is 0.416 e. The Morgan fingerprint density at radius 3 is 2.50 bits per heavy atom. The quantitative estimate of drug-likeness (QED) is 0.473. The number of allylic oxidation sites excluding steroid dienone is 1. The SMILES string of the molecule is O=C(O)CCc1ccc(OCC2=C(C3CCC3)CC(F)(F)C2)cc1C(F)(F)F. The Morgan fingerprint density at radius 2 is 1.93 bits per heavy atom. The van der Waals surface area contributed by atoms with Crippen LogP contribution in [-0.4, -0.2) is 23.6 Å². The summed E-state index contributed by atoms with van der Waals surface area (Å²) < 4.78 is 73.0. The van der Waals surface area contributed by atoms with Crippen LogP contribution in [0.4, 0.5) is 22.0 Å². The first-order valence-electron chi connectivity index (χ1n) is 9.18. The average Bonchev–Trinajstić information content (AvgIpc) is 2.83. The van der Waals surface area contributed by atoms with Gasteiger partial charge in [-0.1, -0.05) is 18.1 Å². The molecule has 0 amide bonds. The summed E-state index contributed by atoms with van der Waals surface area (Å²) in [7, 11) is 0. The van der Waals surface area contributed by atoms with Gasteiger partial charge in [0.05, 0.1) is 5.56 Å². The molecular weight excluding hydrogens is 383 g/mol. The highest BCUT2D eigenvalue weighted by molar-refractivity contribution is 5.67. The number of ether oxygens (including phenoxy) is 1. The van der Waals surface area contributed by atoms with Crippen LogP contribution in [0.25, 0.3) is 0 Å². The Labute approximate surface area is 159 Å². The maximum atomic E-state index is 13.8. The molecule has 1 saturated carbocycles. The van der Waals surface area contributed by atoms with Gasteiger partial charge in [0, 0.05) is 19.3 Å². The number of aliphatic carboxylic acids is 1. The van der Waals surface area contributed by atoms with Crippen LogP contribution in [0.5, 0.6) is 5.75 Å². The standard InChI is InChI=1S/C20H21F5O3/c21-19(22)9-14(16(10-19)12-2-1-3-12)11-28-15-6-4-13(5-7-18(26)27)17(8-15)20(23,24)25/h4,6,8,12H,1-3,5,7,9-11H2,(H,26,27). The number of benzene rings is 1. The van der Waals surface area contributed by atoms with Crippen molar-refractivity contribution in [3.63, 3.8) is 0 Å². The van der Waals surface area contributed by atoms with E-state index in [1.165, 1.54) is 12.1 Å². The minimum Gasteiger partial charge on any atom is -0.489 e. The lowest BCUT2D eigenvalue weighted by Crippen LogP contribution is -2.17. The predicted molar refractivity (Wildman–Crippen MR) is 91.4 cm³/mol. The van der Waals surface area contributed by atoms with E-state index < -0.39 is 36.5 Å². The second-order valence-corrected chi connectivity index (χ2v) is 7.47. The molecule has 154 valence electrons. The molecule has 0 heterocycles. The molecule has 1 N–H and O–H groups in total. The number of alkyl halides is 5. The molecule has 0 saturated heterocycles. The summed E-state index contributed by atoms with van der Waals surface area (Å²) >= 11 is 0. The topological polar surface area (TPSA) is 46.5 Å². The largest absolute Gasteiger partial charge is 0.489 e. The second-order valence-electron chi connectivity index (χ2n) is 7.47. The Morgan fingerprint density at radius 1 is 1.21 bits per heavy atom. The minimum atomic E-state index is -4.66. The molecule has 8 heteroatoms. The third kappa shape index (κ3) is 4.83. The first kappa shape index (κ1) is 20.6. The summed E-state index contributed by atoms with van der Waals surface area (Å²) in [6.45, 7) is -0.160. The van der Waals surface area contributed by atoms with Gasteiger partial charge in [0.25, 0.3) is 5.92 Å². The lowest BCUT2D eigenvalue weighted by molar-refractivity contribution is -0.140. The lowest BCUT2D eigenvalue weighted by atomic mass is 9.78. The molecule has 28 heavy (non-hydrogen) atoms. The van der Waals surface area contributed by atoms with E-state index in [-0.39, 0.29) is 36.7 Å². The van der Waals surface area contributed by atoms with E-state index >= 15 is 0 Å². The van der Waals surface area contributed by atoms with Crippen molar-refractivity contribution in [2.45, 2.75) is 57.0 Å². The van der Waals surface area contributed by atoms with Crippen molar-refractivity contribution in [1.82, 2.24) is 0 Å². The summed E-state index contributed by atoms with van der Waals surface area (Å²) in [6, 6.07) is 3.32. The minimum absolute atomic E-state index is 0.0675. The highest BCUT2D eigenvalue weighted by Crippen LogP contribution is 2.47. The Hall–Kier alpha value is -2.12. The van der Waals surface area contributed by atoms with Crippen molar-refractivity contribution in [3.8, 4) is 5.75 Å².